The Bertz CT molecular complexity index is 949. The topological polar surface area (TPSA) is 65.4 Å². The van der Waals surface area contributed by atoms with Crippen LogP contribution < -0.4 is 5.32 Å². The molecular formula is C24H29N3O3. The Balaban J connectivity index is 1.26. The predicted molar refractivity (Wildman–Crippen MR) is 117 cm³/mol. The number of aryl methyl sites for hydroxylation is 1. The Labute approximate surface area is 177 Å². The number of imidazole rings is 1. The molecule has 0 spiro atoms. The first-order valence-corrected chi connectivity index (χ1v) is 10.8. The van der Waals surface area contributed by atoms with Gasteiger partial charge in [-0.15, -0.1) is 0 Å². The van der Waals surface area contributed by atoms with Crippen molar-refractivity contribution in [1.29, 1.82) is 0 Å². The van der Waals surface area contributed by atoms with Gasteiger partial charge in [-0.05, 0) is 43.5 Å². The maximum Gasteiger partial charge on any atom is 0.220 e. The highest BCUT2D eigenvalue weighted by Crippen LogP contribution is 2.22. The first-order chi connectivity index (χ1) is 14.8. The van der Waals surface area contributed by atoms with Gasteiger partial charge in [0.2, 0.25) is 5.91 Å². The lowest BCUT2D eigenvalue weighted by molar-refractivity contribution is -0.121. The SMILES string of the molecule is O=C(CCc1nc2ccccc2n1-c1ccccc1)NCCCOCC1CCCO1. The van der Waals surface area contributed by atoms with Crippen LogP contribution in [-0.2, 0) is 20.7 Å². The van der Waals surface area contributed by atoms with E-state index in [-0.39, 0.29) is 12.0 Å². The number of carbonyl (C=O) groups is 1. The summed E-state index contributed by atoms with van der Waals surface area (Å²) in [4.78, 5) is 17.1. The van der Waals surface area contributed by atoms with E-state index in [0.29, 0.717) is 32.6 Å². The number of fused-ring (bicyclic) bond motifs is 1. The summed E-state index contributed by atoms with van der Waals surface area (Å²) in [6.45, 7) is 2.77. The van der Waals surface area contributed by atoms with Crippen molar-refractivity contribution in [3.63, 3.8) is 0 Å². The van der Waals surface area contributed by atoms with Gasteiger partial charge in [0.25, 0.3) is 0 Å². The van der Waals surface area contributed by atoms with Crippen LogP contribution in [0.5, 0.6) is 0 Å². The van der Waals surface area contributed by atoms with Crippen LogP contribution in [0.2, 0.25) is 0 Å². The van der Waals surface area contributed by atoms with E-state index in [1.807, 2.05) is 36.4 Å². The summed E-state index contributed by atoms with van der Waals surface area (Å²) in [6, 6.07) is 18.2. The third kappa shape index (κ3) is 5.26. The molecular weight excluding hydrogens is 378 g/mol. The minimum Gasteiger partial charge on any atom is -0.379 e. The van der Waals surface area contributed by atoms with Gasteiger partial charge in [-0.25, -0.2) is 4.98 Å². The van der Waals surface area contributed by atoms with E-state index in [4.69, 9.17) is 14.5 Å². The molecule has 4 rings (SSSR count). The number of nitrogens with one attached hydrogen (secondary N) is 1. The second kappa shape index (κ2) is 10.4. The van der Waals surface area contributed by atoms with Gasteiger partial charge in [-0.3, -0.25) is 9.36 Å². The van der Waals surface area contributed by atoms with Crippen molar-refractivity contribution in [3.8, 4) is 5.69 Å². The summed E-state index contributed by atoms with van der Waals surface area (Å²) in [6.07, 6.45) is 4.27. The van der Waals surface area contributed by atoms with E-state index in [1.54, 1.807) is 0 Å². The molecule has 2 aromatic carbocycles. The lowest BCUT2D eigenvalue weighted by Gasteiger charge is -2.11. The summed E-state index contributed by atoms with van der Waals surface area (Å²) >= 11 is 0. The molecule has 0 radical (unpaired) electrons. The number of hydrogen-bond acceptors (Lipinski definition) is 4. The Hall–Kier alpha value is -2.70. The van der Waals surface area contributed by atoms with Gasteiger partial charge < -0.3 is 14.8 Å². The van der Waals surface area contributed by atoms with Crippen molar-refractivity contribution in [2.24, 2.45) is 0 Å². The molecule has 0 bridgehead atoms. The van der Waals surface area contributed by atoms with Crippen molar-refractivity contribution in [1.82, 2.24) is 14.9 Å². The number of benzene rings is 2. The molecule has 1 unspecified atom stereocenters. The fraction of sp³-hybridized carbons (Fsp3) is 0.417. The molecule has 1 aliphatic rings. The average molecular weight is 408 g/mol. The molecule has 1 aromatic heterocycles. The van der Waals surface area contributed by atoms with E-state index < -0.39 is 0 Å². The van der Waals surface area contributed by atoms with Crippen LogP contribution in [0.15, 0.2) is 54.6 Å². The lowest BCUT2D eigenvalue weighted by atomic mass is 10.2. The number of ether oxygens (including phenoxy) is 2. The molecule has 1 atom stereocenters. The molecule has 1 aliphatic heterocycles. The molecule has 1 N–H and O–H groups in total. The van der Waals surface area contributed by atoms with Gasteiger partial charge in [-0.2, -0.15) is 0 Å². The molecule has 158 valence electrons. The zero-order valence-corrected chi connectivity index (χ0v) is 17.3. The van der Waals surface area contributed by atoms with E-state index in [1.165, 1.54) is 0 Å². The van der Waals surface area contributed by atoms with Gasteiger partial charge in [0.15, 0.2) is 0 Å². The smallest absolute Gasteiger partial charge is 0.220 e. The summed E-state index contributed by atoms with van der Waals surface area (Å²) < 4.78 is 13.3. The molecule has 0 saturated carbocycles. The zero-order chi connectivity index (χ0) is 20.6. The third-order valence-electron chi connectivity index (χ3n) is 5.34. The minimum absolute atomic E-state index is 0.0424. The Morgan fingerprint density at radius 2 is 2.00 bits per heavy atom. The predicted octanol–water partition coefficient (Wildman–Crippen LogP) is 3.66. The summed E-state index contributed by atoms with van der Waals surface area (Å²) in [5, 5.41) is 2.99. The van der Waals surface area contributed by atoms with Crippen LogP contribution >= 0.6 is 0 Å². The largest absolute Gasteiger partial charge is 0.379 e. The van der Waals surface area contributed by atoms with Crippen molar-refractivity contribution >= 4 is 16.9 Å². The van der Waals surface area contributed by atoms with Crippen molar-refractivity contribution in [3.05, 3.63) is 60.4 Å². The van der Waals surface area contributed by atoms with Crippen molar-refractivity contribution in [2.75, 3.05) is 26.4 Å². The molecule has 1 saturated heterocycles. The van der Waals surface area contributed by atoms with Gasteiger partial charge in [0, 0.05) is 38.3 Å². The van der Waals surface area contributed by atoms with E-state index in [9.17, 15) is 4.79 Å². The number of rotatable bonds is 10. The molecule has 3 aromatic rings. The van der Waals surface area contributed by atoms with E-state index in [0.717, 1.165) is 48.4 Å². The minimum atomic E-state index is 0.0424. The molecule has 0 aliphatic carbocycles. The Kier molecular flexibility index (Phi) is 7.11. The molecule has 30 heavy (non-hydrogen) atoms. The fourth-order valence-electron chi connectivity index (χ4n) is 3.82. The lowest BCUT2D eigenvalue weighted by Crippen LogP contribution is -2.26. The Morgan fingerprint density at radius 3 is 2.83 bits per heavy atom. The second-order valence-corrected chi connectivity index (χ2v) is 7.60. The summed E-state index contributed by atoms with van der Waals surface area (Å²) in [5.74, 6) is 0.943. The Morgan fingerprint density at radius 1 is 1.17 bits per heavy atom. The molecule has 2 heterocycles. The van der Waals surface area contributed by atoms with Gasteiger partial charge in [-0.1, -0.05) is 30.3 Å². The molecule has 1 fully saturated rings. The van der Waals surface area contributed by atoms with Crippen LogP contribution in [0.1, 0.15) is 31.5 Å². The van der Waals surface area contributed by atoms with Crippen LogP contribution in [0, 0.1) is 0 Å². The first kappa shape index (κ1) is 20.6. The van der Waals surface area contributed by atoms with E-state index in [2.05, 4.69) is 28.1 Å². The van der Waals surface area contributed by atoms with Gasteiger partial charge in [0.05, 0.1) is 23.7 Å². The van der Waals surface area contributed by atoms with Gasteiger partial charge >= 0.3 is 0 Å². The third-order valence-corrected chi connectivity index (χ3v) is 5.34. The maximum absolute atomic E-state index is 12.3. The number of para-hydroxylation sites is 3. The normalized spacial score (nSPS) is 16.2. The van der Waals surface area contributed by atoms with Crippen LogP contribution in [-0.4, -0.2) is 47.9 Å². The summed E-state index contributed by atoms with van der Waals surface area (Å²) in [5.41, 5.74) is 3.06. The molecule has 6 nitrogen and oxygen atoms in total. The van der Waals surface area contributed by atoms with Crippen molar-refractivity contribution in [2.45, 2.75) is 38.2 Å². The standard InChI is InChI=1S/C24H29N3O3/c28-24(25-15-7-16-29-18-20-10-6-17-30-20)14-13-23-26-21-11-4-5-12-22(21)27(23)19-8-2-1-3-9-19/h1-5,8-9,11-12,20H,6-7,10,13-18H2,(H,25,28). The number of carbonyl (C=O) groups excluding carboxylic acids is 1. The second-order valence-electron chi connectivity index (χ2n) is 7.60. The first-order valence-electron chi connectivity index (χ1n) is 10.8. The maximum atomic E-state index is 12.3. The zero-order valence-electron chi connectivity index (χ0n) is 17.3. The number of hydrogen-bond donors (Lipinski definition) is 1. The number of nitrogens with zero attached hydrogens (tertiary/aromatic N) is 2. The molecule has 1 amide bonds. The highest BCUT2D eigenvalue weighted by atomic mass is 16.5. The van der Waals surface area contributed by atoms with Crippen LogP contribution in [0.4, 0.5) is 0 Å². The highest BCUT2D eigenvalue weighted by Gasteiger charge is 2.15. The average Bonchev–Trinajstić information content (AvgIpc) is 3.42. The summed E-state index contributed by atoms with van der Waals surface area (Å²) in [7, 11) is 0. The van der Waals surface area contributed by atoms with Crippen LogP contribution in [0.3, 0.4) is 0 Å². The molecule has 6 heteroatoms. The quantitative estimate of drug-likeness (QED) is 0.521. The fourth-order valence-corrected chi connectivity index (χ4v) is 3.82. The number of aromatic nitrogens is 2. The van der Waals surface area contributed by atoms with Gasteiger partial charge in [0.1, 0.15) is 5.82 Å². The van der Waals surface area contributed by atoms with Crippen LogP contribution in [0.25, 0.3) is 16.7 Å². The van der Waals surface area contributed by atoms with Crippen molar-refractivity contribution < 1.29 is 14.3 Å². The monoisotopic (exact) mass is 407 g/mol. The highest BCUT2D eigenvalue weighted by molar-refractivity contribution is 5.79. The number of amides is 1. The van der Waals surface area contributed by atoms with E-state index >= 15 is 0 Å².